The summed E-state index contributed by atoms with van der Waals surface area (Å²) in [5.74, 6) is 0. The van der Waals surface area contributed by atoms with Crippen LogP contribution in [0.4, 0.5) is 0 Å². The van der Waals surface area contributed by atoms with Crippen LogP contribution in [0, 0.1) is 6.92 Å². The van der Waals surface area contributed by atoms with Gasteiger partial charge in [-0.25, -0.2) is 0 Å². The van der Waals surface area contributed by atoms with Crippen molar-refractivity contribution in [2.45, 2.75) is 13.0 Å². The second kappa shape index (κ2) is 7.88. The van der Waals surface area contributed by atoms with Crippen LogP contribution in [0.2, 0.25) is 5.02 Å². The molecule has 0 fully saturated rings. The van der Waals surface area contributed by atoms with Crippen LogP contribution < -0.4 is 5.73 Å². The van der Waals surface area contributed by atoms with E-state index < -0.39 is 0 Å². The van der Waals surface area contributed by atoms with Gasteiger partial charge in [0.1, 0.15) is 0 Å². The van der Waals surface area contributed by atoms with Crippen molar-refractivity contribution in [3.05, 3.63) is 70.7 Å². The number of nitrogens with two attached hydrogens (primary N) is 1. The van der Waals surface area contributed by atoms with Gasteiger partial charge in [0.2, 0.25) is 0 Å². The van der Waals surface area contributed by atoms with Crippen molar-refractivity contribution in [3.8, 4) is 0 Å². The van der Waals surface area contributed by atoms with Gasteiger partial charge in [-0.1, -0.05) is 59.6 Å². The Morgan fingerprint density at radius 2 is 1.61 bits per heavy atom. The lowest BCUT2D eigenvalue weighted by atomic mass is 10.1. The molecule has 2 aromatic carbocycles. The molecule has 3 N–H and O–H groups in total. The first-order valence-corrected chi connectivity index (χ1v) is 6.15. The Balaban J connectivity index is 0.000000199. The van der Waals surface area contributed by atoms with E-state index in [-0.39, 0.29) is 12.6 Å². The van der Waals surface area contributed by atoms with Crippen molar-refractivity contribution in [2.75, 3.05) is 6.61 Å². The molecule has 96 valence electrons. The molecule has 1 atom stereocenters. The third-order valence-electron chi connectivity index (χ3n) is 2.44. The second-order valence-electron chi connectivity index (χ2n) is 4.00. The Hall–Kier alpha value is -1.35. The average molecular weight is 264 g/mol. The summed E-state index contributed by atoms with van der Waals surface area (Å²) in [5.41, 5.74) is 7.77. The molecule has 18 heavy (non-hydrogen) atoms. The van der Waals surface area contributed by atoms with Crippen molar-refractivity contribution in [3.63, 3.8) is 0 Å². The van der Waals surface area contributed by atoms with Crippen LogP contribution in [-0.4, -0.2) is 11.7 Å². The SMILES string of the molecule is Cc1ccccc1.NC(CO)c1ccc(Cl)cc1. The molecule has 0 bridgehead atoms. The number of rotatable bonds is 2. The molecular formula is C15H18ClNO. The Labute approximate surface area is 113 Å². The predicted octanol–water partition coefficient (Wildman–Crippen LogP) is 3.33. The van der Waals surface area contributed by atoms with Crippen LogP contribution in [0.5, 0.6) is 0 Å². The molecule has 0 aliphatic heterocycles. The molecular weight excluding hydrogens is 246 g/mol. The molecule has 0 aliphatic rings. The fourth-order valence-electron chi connectivity index (χ4n) is 1.35. The largest absolute Gasteiger partial charge is 0.394 e. The monoisotopic (exact) mass is 263 g/mol. The van der Waals surface area contributed by atoms with E-state index in [1.165, 1.54) is 5.56 Å². The normalized spacial score (nSPS) is 11.3. The van der Waals surface area contributed by atoms with E-state index in [0.717, 1.165) is 5.56 Å². The highest BCUT2D eigenvalue weighted by Crippen LogP contribution is 2.13. The van der Waals surface area contributed by atoms with Gasteiger partial charge in [-0.2, -0.15) is 0 Å². The van der Waals surface area contributed by atoms with Crippen LogP contribution in [-0.2, 0) is 0 Å². The zero-order valence-corrected chi connectivity index (χ0v) is 11.1. The van der Waals surface area contributed by atoms with E-state index in [0.29, 0.717) is 5.02 Å². The zero-order chi connectivity index (χ0) is 13.4. The lowest BCUT2D eigenvalue weighted by Crippen LogP contribution is -2.13. The highest BCUT2D eigenvalue weighted by molar-refractivity contribution is 6.30. The summed E-state index contributed by atoms with van der Waals surface area (Å²) in [6, 6.07) is 17.1. The molecule has 0 amide bonds. The van der Waals surface area contributed by atoms with Gasteiger partial charge in [0, 0.05) is 5.02 Å². The molecule has 1 unspecified atom stereocenters. The van der Waals surface area contributed by atoms with Gasteiger partial charge in [0.05, 0.1) is 12.6 Å². The van der Waals surface area contributed by atoms with Gasteiger partial charge in [-0.05, 0) is 24.6 Å². The van der Waals surface area contributed by atoms with Crippen molar-refractivity contribution < 1.29 is 5.11 Å². The molecule has 0 saturated heterocycles. The van der Waals surface area contributed by atoms with Gasteiger partial charge >= 0.3 is 0 Å². The van der Waals surface area contributed by atoms with Crippen molar-refractivity contribution in [1.29, 1.82) is 0 Å². The van der Waals surface area contributed by atoms with Crippen LogP contribution >= 0.6 is 11.6 Å². The number of aryl methyl sites for hydroxylation is 1. The van der Waals surface area contributed by atoms with Crippen molar-refractivity contribution in [1.82, 2.24) is 0 Å². The van der Waals surface area contributed by atoms with Gasteiger partial charge in [-0.3, -0.25) is 0 Å². The zero-order valence-electron chi connectivity index (χ0n) is 10.4. The summed E-state index contributed by atoms with van der Waals surface area (Å²) in [5, 5.41) is 9.38. The van der Waals surface area contributed by atoms with E-state index in [9.17, 15) is 0 Å². The van der Waals surface area contributed by atoms with E-state index in [1.54, 1.807) is 12.1 Å². The van der Waals surface area contributed by atoms with Crippen LogP contribution in [0.25, 0.3) is 0 Å². The number of halogens is 1. The smallest absolute Gasteiger partial charge is 0.0624 e. The number of aliphatic hydroxyl groups is 1. The third kappa shape index (κ3) is 5.32. The molecule has 0 radical (unpaired) electrons. The number of hydrogen-bond donors (Lipinski definition) is 2. The molecule has 0 saturated carbocycles. The van der Waals surface area contributed by atoms with E-state index in [2.05, 4.69) is 19.1 Å². The predicted molar refractivity (Wildman–Crippen MR) is 76.6 cm³/mol. The van der Waals surface area contributed by atoms with Crippen LogP contribution in [0.3, 0.4) is 0 Å². The lowest BCUT2D eigenvalue weighted by molar-refractivity contribution is 0.268. The van der Waals surface area contributed by atoms with Gasteiger partial charge in [-0.15, -0.1) is 0 Å². The van der Waals surface area contributed by atoms with Crippen molar-refractivity contribution >= 4 is 11.6 Å². The maximum atomic E-state index is 8.70. The van der Waals surface area contributed by atoms with E-state index in [1.807, 2.05) is 30.3 Å². The molecule has 2 nitrogen and oxygen atoms in total. The molecule has 0 aliphatic carbocycles. The lowest BCUT2D eigenvalue weighted by Gasteiger charge is -2.07. The summed E-state index contributed by atoms with van der Waals surface area (Å²) >= 11 is 5.66. The first kappa shape index (κ1) is 14.7. The number of benzene rings is 2. The number of hydrogen-bond acceptors (Lipinski definition) is 2. The molecule has 0 spiro atoms. The molecule has 0 aromatic heterocycles. The number of aliphatic hydroxyl groups excluding tert-OH is 1. The maximum Gasteiger partial charge on any atom is 0.0624 e. The Morgan fingerprint density at radius 3 is 2.00 bits per heavy atom. The highest BCUT2D eigenvalue weighted by Gasteiger charge is 2.02. The van der Waals surface area contributed by atoms with E-state index in [4.69, 9.17) is 22.4 Å². The molecule has 3 heteroatoms. The summed E-state index contributed by atoms with van der Waals surface area (Å²) < 4.78 is 0. The molecule has 0 heterocycles. The minimum absolute atomic E-state index is 0.0400. The summed E-state index contributed by atoms with van der Waals surface area (Å²) in [6.45, 7) is 2.04. The minimum atomic E-state index is -0.299. The van der Waals surface area contributed by atoms with Gasteiger partial charge in [0.15, 0.2) is 0 Å². The quantitative estimate of drug-likeness (QED) is 0.873. The standard InChI is InChI=1S/C8H10ClNO.C7H8/c9-7-3-1-6(2-4-7)8(10)5-11;1-7-5-3-2-4-6-7/h1-4,8,11H,5,10H2;2-6H,1H3. The van der Waals surface area contributed by atoms with Gasteiger partial charge in [0.25, 0.3) is 0 Å². The maximum absolute atomic E-state index is 8.70. The average Bonchev–Trinajstić information content (AvgIpc) is 2.40. The van der Waals surface area contributed by atoms with Crippen LogP contribution in [0.1, 0.15) is 17.2 Å². The minimum Gasteiger partial charge on any atom is -0.394 e. The Kier molecular flexibility index (Phi) is 6.44. The summed E-state index contributed by atoms with van der Waals surface area (Å²) in [4.78, 5) is 0. The Bertz CT molecular complexity index is 442. The topological polar surface area (TPSA) is 46.2 Å². The highest BCUT2D eigenvalue weighted by atomic mass is 35.5. The Morgan fingerprint density at radius 1 is 1.06 bits per heavy atom. The summed E-state index contributed by atoms with van der Waals surface area (Å²) in [7, 11) is 0. The fourth-order valence-corrected chi connectivity index (χ4v) is 1.48. The third-order valence-corrected chi connectivity index (χ3v) is 2.69. The first-order chi connectivity index (χ1) is 8.63. The fraction of sp³-hybridized carbons (Fsp3) is 0.200. The molecule has 2 rings (SSSR count). The first-order valence-electron chi connectivity index (χ1n) is 5.77. The second-order valence-corrected chi connectivity index (χ2v) is 4.43. The van der Waals surface area contributed by atoms with Crippen LogP contribution in [0.15, 0.2) is 54.6 Å². The van der Waals surface area contributed by atoms with Gasteiger partial charge < -0.3 is 10.8 Å². The van der Waals surface area contributed by atoms with E-state index >= 15 is 0 Å². The molecule has 2 aromatic rings. The summed E-state index contributed by atoms with van der Waals surface area (Å²) in [6.07, 6.45) is 0. The van der Waals surface area contributed by atoms with Crippen molar-refractivity contribution in [2.24, 2.45) is 5.73 Å².